The number of aromatic nitrogens is 5. The lowest BCUT2D eigenvalue weighted by atomic mass is 10.2. The Labute approximate surface area is 170 Å². The Hall–Kier alpha value is -3.75. The Morgan fingerprint density at radius 1 is 1.40 bits per heavy atom. The highest BCUT2D eigenvalue weighted by atomic mass is 32.1. The van der Waals surface area contributed by atoms with E-state index in [0.29, 0.717) is 10.2 Å². The van der Waals surface area contributed by atoms with E-state index < -0.39 is 16.9 Å². The number of benzene rings is 1. The third-order valence-electron chi connectivity index (χ3n) is 3.60. The molecule has 0 aliphatic heterocycles. The molecule has 0 saturated heterocycles. The number of rotatable bonds is 7. The summed E-state index contributed by atoms with van der Waals surface area (Å²) in [5.74, 6) is -0.750. The van der Waals surface area contributed by atoms with Crippen LogP contribution in [0, 0.1) is 14.9 Å². The number of nitro groups is 1. The molecule has 3 rings (SSSR count). The van der Waals surface area contributed by atoms with Crippen molar-refractivity contribution >= 4 is 24.1 Å². The van der Waals surface area contributed by atoms with Gasteiger partial charge in [0.15, 0.2) is 18.2 Å². The van der Waals surface area contributed by atoms with Gasteiger partial charge < -0.3 is 9.47 Å². The first kappa shape index (κ1) is 21.0. The van der Waals surface area contributed by atoms with Crippen molar-refractivity contribution in [2.45, 2.75) is 12.9 Å². The van der Waals surface area contributed by atoms with E-state index in [4.69, 9.17) is 21.7 Å². The topological polar surface area (TPSA) is 125 Å². The largest absolute Gasteiger partial charge is 0.493 e. The molecule has 0 amide bonds. The summed E-state index contributed by atoms with van der Waals surface area (Å²) >= 11 is 4.76. The van der Waals surface area contributed by atoms with Crippen molar-refractivity contribution in [1.82, 2.24) is 24.7 Å². The molecule has 2 aromatic heterocycles. The number of halogens is 3. The van der Waals surface area contributed by atoms with Crippen LogP contribution in [-0.2, 0) is 12.9 Å². The first-order valence-corrected chi connectivity index (χ1v) is 8.36. The minimum absolute atomic E-state index is 0.128. The van der Waals surface area contributed by atoms with Crippen molar-refractivity contribution in [3.63, 3.8) is 0 Å². The van der Waals surface area contributed by atoms with Crippen LogP contribution in [0.5, 0.6) is 11.5 Å². The average molecular weight is 443 g/mol. The number of alkyl halides is 3. The molecule has 0 unspecified atom stereocenters. The van der Waals surface area contributed by atoms with Crippen molar-refractivity contribution in [3.05, 3.63) is 56.9 Å². The fraction of sp³-hybridized carbons (Fsp3) is 0.200. The molecule has 0 aliphatic rings. The first-order chi connectivity index (χ1) is 14.2. The molecule has 0 fully saturated rings. The summed E-state index contributed by atoms with van der Waals surface area (Å²) in [6.07, 6.45) is -1.32. The van der Waals surface area contributed by atoms with Gasteiger partial charge in [-0.3, -0.25) is 10.1 Å². The number of H-pyrrole nitrogens is 1. The fourth-order valence-corrected chi connectivity index (χ4v) is 2.42. The summed E-state index contributed by atoms with van der Waals surface area (Å²) in [5, 5.41) is 23.4. The number of nitrogens with one attached hydrogen (secondary N) is 1. The van der Waals surface area contributed by atoms with E-state index in [2.05, 4.69) is 20.4 Å². The van der Waals surface area contributed by atoms with Gasteiger partial charge in [-0.25, -0.2) is 9.78 Å². The Morgan fingerprint density at radius 3 is 2.80 bits per heavy atom. The van der Waals surface area contributed by atoms with Crippen molar-refractivity contribution in [2.75, 3.05) is 7.11 Å². The molecule has 2 heterocycles. The maximum absolute atomic E-state index is 12.9. The Bertz CT molecular complexity index is 1150. The van der Waals surface area contributed by atoms with Crippen molar-refractivity contribution in [1.29, 1.82) is 0 Å². The van der Waals surface area contributed by atoms with Crippen LogP contribution < -0.4 is 9.47 Å². The molecule has 0 aliphatic carbocycles. The second kappa shape index (κ2) is 8.32. The van der Waals surface area contributed by atoms with Crippen LogP contribution >= 0.6 is 12.2 Å². The van der Waals surface area contributed by atoms with Gasteiger partial charge in [0.05, 0.1) is 18.2 Å². The molecule has 158 valence electrons. The molecule has 0 spiro atoms. The molecule has 0 radical (unpaired) electrons. The summed E-state index contributed by atoms with van der Waals surface area (Å²) < 4.78 is 50.8. The number of aromatic amines is 1. The zero-order chi connectivity index (χ0) is 21.9. The van der Waals surface area contributed by atoms with Gasteiger partial charge in [0, 0.05) is 0 Å². The lowest BCUT2D eigenvalue weighted by Gasteiger charge is -2.11. The summed E-state index contributed by atoms with van der Waals surface area (Å²) in [4.78, 5) is 10.1. The molecule has 11 nitrogen and oxygen atoms in total. The zero-order valence-electron chi connectivity index (χ0n) is 15.0. The molecule has 30 heavy (non-hydrogen) atoms. The molecule has 15 heteroatoms. The van der Waals surface area contributed by atoms with E-state index in [9.17, 15) is 23.3 Å². The van der Waals surface area contributed by atoms with Crippen molar-refractivity contribution in [3.8, 4) is 11.5 Å². The van der Waals surface area contributed by atoms with Gasteiger partial charge in [0.25, 0.3) is 5.82 Å². The molecule has 0 atom stereocenters. The third-order valence-corrected chi connectivity index (χ3v) is 3.86. The molecule has 1 aromatic carbocycles. The second-order valence-electron chi connectivity index (χ2n) is 5.59. The number of nitrogens with zero attached hydrogens (tertiary/aromatic N) is 6. The van der Waals surface area contributed by atoms with Gasteiger partial charge in [-0.15, -0.1) is 5.10 Å². The van der Waals surface area contributed by atoms with Crippen LogP contribution in [0.25, 0.3) is 0 Å². The van der Waals surface area contributed by atoms with E-state index in [1.54, 1.807) is 0 Å². The number of hydrogen-bond acceptors (Lipinski definition) is 8. The predicted octanol–water partition coefficient (Wildman–Crippen LogP) is 2.99. The highest BCUT2D eigenvalue weighted by Gasteiger charge is 2.37. The molecule has 0 bridgehead atoms. The van der Waals surface area contributed by atoms with Gasteiger partial charge in [0.2, 0.25) is 4.77 Å². The lowest BCUT2D eigenvalue weighted by Crippen LogP contribution is -2.12. The third kappa shape index (κ3) is 4.62. The minimum atomic E-state index is -4.73. The molecular weight excluding hydrogens is 431 g/mol. The average Bonchev–Trinajstić information content (AvgIpc) is 3.31. The molecular formula is C15H12F3N7O4S. The summed E-state index contributed by atoms with van der Waals surface area (Å²) in [6, 6.07) is 4.49. The van der Waals surface area contributed by atoms with Gasteiger partial charge in [-0.05, 0) is 36.0 Å². The van der Waals surface area contributed by atoms with Gasteiger partial charge in [0.1, 0.15) is 12.4 Å². The maximum Gasteiger partial charge on any atom is 0.453 e. The van der Waals surface area contributed by atoms with Gasteiger partial charge in [-0.1, -0.05) is 0 Å². The second-order valence-corrected chi connectivity index (χ2v) is 5.97. The van der Waals surface area contributed by atoms with Crippen LogP contribution in [0.2, 0.25) is 0 Å². The minimum Gasteiger partial charge on any atom is -0.493 e. The van der Waals surface area contributed by atoms with E-state index in [1.807, 2.05) is 0 Å². The van der Waals surface area contributed by atoms with Crippen molar-refractivity contribution in [2.24, 2.45) is 5.10 Å². The Balaban J connectivity index is 1.77. The van der Waals surface area contributed by atoms with Crippen LogP contribution in [0.1, 0.15) is 11.4 Å². The van der Waals surface area contributed by atoms with Crippen LogP contribution in [0.4, 0.5) is 18.9 Å². The SMILES string of the molecule is COc1cc(/C=N\n2c(C(F)(F)F)n[nH]c2=S)ccc1OCn1cc([N+](=O)[O-])cn1. The lowest BCUT2D eigenvalue weighted by molar-refractivity contribution is -0.385. The quantitative estimate of drug-likeness (QED) is 0.258. The Morgan fingerprint density at radius 2 is 2.17 bits per heavy atom. The number of ether oxygens (including phenoxy) is 2. The Kier molecular flexibility index (Phi) is 5.81. The molecule has 1 N–H and O–H groups in total. The smallest absolute Gasteiger partial charge is 0.453 e. The molecule has 0 saturated carbocycles. The highest BCUT2D eigenvalue weighted by Crippen LogP contribution is 2.29. The van der Waals surface area contributed by atoms with Crippen molar-refractivity contribution < 1.29 is 27.6 Å². The van der Waals surface area contributed by atoms with Crippen LogP contribution in [-0.4, -0.2) is 42.9 Å². The first-order valence-electron chi connectivity index (χ1n) is 7.95. The number of methoxy groups -OCH3 is 1. The summed E-state index contributed by atoms with van der Waals surface area (Å²) in [7, 11) is 1.37. The zero-order valence-corrected chi connectivity index (χ0v) is 15.8. The molecule has 3 aromatic rings. The van der Waals surface area contributed by atoms with Gasteiger partial charge in [-0.2, -0.15) is 28.0 Å². The standard InChI is InChI=1S/C15H12F3N7O4S/c1-28-12-4-9(5-20-24-13(15(16,17)18)21-22-14(24)30)2-3-11(12)29-8-23-7-10(6-19-23)25(26)27/h2-7H,8H2,1H3,(H,22,30)/b20-5-. The summed E-state index contributed by atoms with van der Waals surface area (Å²) in [6.45, 7) is -0.128. The van der Waals surface area contributed by atoms with Crippen LogP contribution in [0.15, 0.2) is 35.7 Å². The normalized spacial score (nSPS) is 11.7. The van der Waals surface area contributed by atoms with E-state index >= 15 is 0 Å². The fourth-order valence-electron chi connectivity index (χ4n) is 2.24. The predicted molar refractivity (Wildman–Crippen MR) is 97.9 cm³/mol. The number of hydrogen-bond donors (Lipinski definition) is 1. The summed E-state index contributed by atoms with van der Waals surface area (Å²) in [5.41, 5.74) is 0.207. The van der Waals surface area contributed by atoms with E-state index in [-0.39, 0.29) is 28.7 Å². The van der Waals surface area contributed by atoms with Crippen LogP contribution in [0.3, 0.4) is 0 Å². The van der Waals surface area contributed by atoms with E-state index in [1.165, 1.54) is 36.2 Å². The van der Waals surface area contributed by atoms with E-state index in [0.717, 1.165) is 12.4 Å². The monoisotopic (exact) mass is 443 g/mol. The maximum atomic E-state index is 12.9. The highest BCUT2D eigenvalue weighted by molar-refractivity contribution is 7.71. The van der Waals surface area contributed by atoms with Gasteiger partial charge >= 0.3 is 11.9 Å².